The van der Waals surface area contributed by atoms with E-state index in [0.29, 0.717) is 18.3 Å². The third-order valence-electron chi connectivity index (χ3n) is 4.41. The molecular formula is C18H23Cl3N6O. The highest BCUT2D eigenvalue weighted by atomic mass is 35.5. The minimum absolute atomic E-state index is 0. The van der Waals surface area contributed by atoms with Crippen LogP contribution >= 0.6 is 37.2 Å². The molecule has 1 saturated carbocycles. The topological polar surface area (TPSA) is 91.7 Å². The van der Waals surface area contributed by atoms with Crippen LogP contribution in [0, 0.1) is 0 Å². The first-order valence-electron chi connectivity index (χ1n) is 8.46. The summed E-state index contributed by atoms with van der Waals surface area (Å²) in [4.78, 5) is 8.72. The van der Waals surface area contributed by atoms with Gasteiger partial charge in [0, 0.05) is 18.2 Å². The molecule has 0 unspecified atom stereocenters. The molecule has 3 heterocycles. The van der Waals surface area contributed by atoms with Crippen molar-refractivity contribution in [3.63, 3.8) is 0 Å². The van der Waals surface area contributed by atoms with Gasteiger partial charge in [0.2, 0.25) is 0 Å². The van der Waals surface area contributed by atoms with Gasteiger partial charge < -0.3 is 10.5 Å². The van der Waals surface area contributed by atoms with E-state index in [0.717, 1.165) is 35.8 Å². The molecule has 0 amide bonds. The molecule has 10 heteroatoms. The lowest BCUT2D eigenvalue weighted by Crippen LogP contribution is -2.36. The minimum atomic E-state index is 0. The molecule has 3 aromatic rings. The zero-order valence-electron chi connectivity index (χ0n) is 15.3. The van der Waals surface area contributed by atoms with Crippen molar-refractivity contribution in [1.29, 1.82) is 0 Å². The lowest BCUT2D eigenvalue weighted by molar-refractivity contribution is 0.335. The van der Waals surface area contributed by atoms with Crippen molar-refractivity contribution in [2.45, 2.75) is 31.7 Å². The molecule has 0 saturated heterocycles. The Balaban J connectivity index is 0.00000131. The van der Waals surface area contributed by atoms with E-state index in [1.165, 1.54) is 0 Å². The van der Waals surface area contributed by atoms with Gasteiger partial charge in [-0.1, -0.05) is 0 Å². The Labute approximate surface area is 182 Å². The zero-order valence-corrected chi connectivity index (χ0v) is 17.7. The molecule has 0 aromatic carbocycles. The third-order valence-corrected chi connectivity index (χ3v) is 4.41. The van der Waals surface area contributed by atoms with Crippen molar-refractivity contribution < 1.29 is 4.74 Å². The molecule has 1 aliphatic rings. The van der Waals surface area contributed by atoms with Crippen molar-refractivity contribution >= 4 is 37.2 Å². The fourth-order valence-corrected chi connectivity index (χ4v) is 3.10. The Morgan fingerprint density at radius 2 is 1.89 bits per heavy atom. The van der Waals surface area contributed by atoms with E-state index < -0.39 is 0 Å². The number of rotatable bonds is 5. The maximum absolute atomic E-state index is 5.96. The third kappa shape index (κ3) is 4.72. The van der Waals surface area contributed by atoms with Gasteiger partial charge in [0.15, 0.2) is 5.82 Å². The summed E-state index contributed by atoms with van der Waals surface area (Å²) in [6.45, 7) is 2.56. The number of hydrogen-bond donors (Lipinski definition) is 1. The molecule has 0 aliphatic heterocycles. The van der Waals surface area contributed by atoms with Gasteiger partial charge >= 0.3 is 0 Å². The van der Waals surface area contributed by atoms with E-state index in [1.807, 2.05) is 42.0 Å². The molecule has 2 N–H and O–H groups in total. The first-order chi connectivity index (χ1) is 12.3. The fraction of sp³-hybridized carbons (Fsp3) is 0.333. The van der Waals surface area contributed by atoms with Crippen molar-refractivity contribution in [2.24, 2.45) is 5.73 Å². The van der Waals surface area contributed by atoms with Crippen molar-refractivity contribution in [1.82, 2.24) is 24.7 Å². The van der Waals surface area contributed by atoms with Crippen molar-refractivity contribution in [2.75, 3.05) is 6.61 Å². The van der Waals surface area contributed by atoms with Gasteiger partial charge in [-0.25, -0.2) is 4.98 Å². The van der Waals surface area contributed by atoms with Crippen molar-refractivity contribution in [3.8, 4) is 23.0 Å². The standard InChI is InChI=1S/C18H20N6O.3ClH/c1-2-25-15-5-6-16(21-11-15)18-23-22-17(12-8-13(19)9-12)24(18)14-4-3-7-20-10-14;;;/h3-7,10-13H,2,8-9,19H2,1H3;3*1H/t12-,13-;;;. The van der Waals surface area contributed by atoms with Crippen LogP contribution in [-0.2, 0) is 0 Å². The molecule has 4 rings (SSSR count). The number of hydrogen-bond acceptors (Lipinski definition) is 6. The predicted molar refractivity (Wildman–Crippen MR) is 115 cm³/mol. The number of halogens is 3. The van der Waals surface area contributed by atoms with Gasteiger partial charge in [0.05, 0.1) is 24.7 Å². The summed E-state index contributed by atoms with van der Waals surface area (Å²) in [7, 11) is 0. The number of nitrogens with two attached hydrogens (primary N) is 1. The highest BCUT2D eigenvalue weighted by Crippen LogP contribution is 2.37. The lowest BCUT2D eigenvalue weighted by Gasteiger charge is -2.31. The first kappa shape index (κ1) is 24.1. The molecule has 0 bridgehead atoms. The number of nitrogens with zero attached hydrogens (tertiary/aromatic N) is 5. The molecule has 3 aromatic heterocycles. The molecule has 1 fully saturated rings. The van der Waals surface area contributed by atoms with Crippen LogP contribution in [0.1, 0.15) is 31.5 Å². The van der Waals surface area contributed by atoms with Gasteiger partial charge in [0.1, 0.15) is 17.3 Å². The summed E-state index contributed by atoms with van der Waals surface area (Å²) < 4.78 is 7.50. The Kier molecular flexibility index (Phi) is 9.10. The minimum Gasteiger partial charge on any atom is -0.492 e. The summed E-state index contributed by atoms with van der Waals surface area (Å²) in [6, 6.07) is 7.94. The molecule has 0 atom stereocenters. The molecule has 0 radical (unpaired) electrons. The second kappa shape index (κ2) is 10.6. The van der Waals surface area contributed by atoms with Gasteiger partial charge in [-0.3, -0.25) is 9.55 Å². The Bertz CT molecular complexity index is 854. The van der Waals surface area contributed by atoms with E-state index in [4.69, 9.17) is 10.5 Å². The van der Waals surface area contributed by atoms with Crippen LogP contribution in [0.15, 0.2) is 42.9 Å². The highest BCUT2D eigenvalue weighted by molar-refractivity contribution is 5.86. The predicted octanol–water partition coefficient (Wildman–Crippen LogP) is 3.59. The summed E-state index contributed by atoms with van der Waals surface area (Å²) in [5.41, 5.74) is 7.63. The van der Waals surface area contributed by atoms with E-state index >= 15 is 0 Å². The van der Waals surface area contributed by atoms with Crippen LogP contribution in [0.4, 0.5) is 0 Å². The summed E-state index contributed by atoms with van der Waals surface area (Å²) in [6.07, 6.45) is 7.12. The van der Waals surface area contributed by atoms with Crippen LogP contribution < -0.4 is 10.5 Å². The monoisotopic (exact) mass is 444 g/mol. The molecule has 0 spiro atoms. The maximum Gasteiger partial charge on any atom is 0.187 e. The van der Waals surface area contributed by atoms with Gasteiger partial charge in [-0.15, -0.1) is 47.4 Å². The largest absolute Gasteiger partial charge is 0.492 e. The van der Waals surface area contributed by atoms with Crippen LogP contribution in [0.3, 0.4) is 0 Å². The second-order valence-corrected chi connectivity index (χ2v) is 6.17. The van der Waals surface area contributed by atoms with Gasteiger partial charge in [-0.2, -0.15) is 0 Å². The van der Waals surface area contributed by atoms with Gasteiger partial charge in [-0.05, 0) is 44.0 Å². The summed E-state index contributed by atoms with van der Waals surface area (Å²) in [5.74, 6) is 2.68. The molecule has 152 valence electrons. The van der Waals surface area contributed by atoms with Gasteiger partial charge in [0.25, 0.3) is 0 Å². The normalized spacial score (nSPS) is 17.4. The summed E-state index contributed by atoms with van der Waals surface area (Å²) >= 11 is 0. The SMILES string of the molecule is CCOc1ccc(-c2nnc([C@H]3C[C@H](N)C3)n2-c2cccnc2)nc1.Cl.Cl.Cl. The maximum atomic E-state index is 5.96. The molecule has 7 nitrogen and oxygen atoms in total. The number of pyridine rings is 2. The Morgan fingerprint density at radius 1 is 1.11 bits per heavy atom. The Hall–Kier alpha value is -1.93. The average Bonchev–Trinajstić information content (AvgIpc) is 3.05. The summed E-state index contributed by atoms with van der Waals surface area (Å²) in [5, 5.41) is 8.85. The highest BCUT2D eigenvalue weighted by Gasteiger charge is 2.33. The van der Waals surface area contributed by atoms with E-state index in [9.17, 15) is 0 Å². The van der Waals surface area contributed by atoms with E-state index in [-0.39, 0.29) is 43.3 Å². The van der Waals surface area contributed by atoms with Crippen molar-refractivity contribution in [3.05, 3.63) is 48.7 Å². The molecule has 1 aliphatic carbocycles. The number of ether oxygens (including phenoxy) is 1. The quantitative estimate of drug-likeness (QED) is 0.645. The van der Waals surface area contributed by atoms with Crippen LogP contribution in [-0.4, -0.2) is 37.4 Å². The zero-order chi connectivity index (χ0) is 17.2. The average molecular weight is 446 g/mol. The van der Waals surface area contributed by atoms with Crippen LogP contribution in [0.2, 0.25) is 0 Å². The number of aromatic nitrogens is 5. The molecule has 28 heavy (non-hydrogen) atoms. The van der Waals surface area contributed by atoms with E-state index in [1.54, 1.807) is 12.4 Å². The van der Waals surface area contributed by atoms with E-state index in [2.05, 4.69) is 20.2 Å². The first-order valence-corrected chi connectivity index (χ1v) is 8.46. The van der Waals surface area contributed by atoms with Crippen LogP contribution in [0.5, 0.6) is 5.75 Å². The fourth-order valence-electron chi connectivity index (χ4n) is 3.10. The smallest absolute Gasteiger partial charge is 0.187 e. The van der Waals surface area contributed by atoms with Crippen LogP contribution in [0.25, 0.3) is 17.2 Å². The lowest BCUT2D eigenvalue weighted by atomic mass is 9.80. The molecular weight excluding hydrogens is 423 g/mol. The Morgan fingerprint density at radius 3 is 2.46 bits per heavy atom. The second-order valence-electron chi connectivity index (χ2n) is 6.17.